The van der Waals surface area contributed by atoms with Crippen LogP contribution in [-0.4, -0.2) is 23.0 Å². The molecule has 0 bridgehead atoms. The maximum atomic E-state index is 12.1. The molecule has 0 aliphatic heterocycles. The number of esters is 1. The SMILES string of the molecule is C[C@H](OC(=O)Cc1ccc(NC(=O)CCCC(=O)O)cc1)c1ccccc1. The topological polar surface area (TPSA) is 92.7 Å². The Morgan fingerprint density at radius 1 is 1.00 bits per heavy atom. The summed E-state index contributed by atoms with van der Waals surface area (Å²) in [7, 11) is 0. The predicted molar refractivity (Wildman–Crippen MR) is 101 cm³/mol. The number of carbonyl (C=O) groups excluding carboxylic acids is 2. The number of aliphatic carboxylic acids is 1. The second-order valence-electron chi connectivity index (χ2n) is 6.21. The van der Waals surface area contributed by atoms with E-state index in [1.807, 2.05) is 37.3 Å². The molecule has 6 nitrogen and oxygen atoms in total. The number of carboxylic acids is 1. The molecule has 0 aliphatic rings. The first-order valence-corrected chi connectivity index (χ1v) is 8.79. The molecule has 0 unspecified atom stereocenters. The van der Waals surface area contributed by atoms with Crippen molar-refractivity contribution in [2.45, 2.75) is 38.7 Å². The molecule has 0 aromatic heterocycles. The zero-order chi connectivity index (χ0) is 19.6. The van der Waals surface area contributed by atoms with Crippen molar-refractivity contribution in [3.63, 3.8) is 0 Å². The van der Waals surface area contributed by atoms with E-state index in [1.54, 1.807) is 24.3 Å². The Morgan fingerprint density at radius 3 is 2.30 bits per heavy atom. The van der Waals surface area contributed by atoms with E-state index in [0.29, 0.717) is 12.1 Å². The van der Waals surface area contributed by atoms with Gasteiger partial charge in [-0.3, -0.25) is 14.4 Å². The Hall–Kier alpha value is -3.15. The number of rotatable bonds is 9. The highest BCUT2D eigenvalue weighted by atomic mass is 16.5. The molecule has 0 saturated heterocycles. The third-order valence-corrected chi connectivity index (χ3v) is 3.96. The van der Waals surface area contributed by atoms with Crippen molar-refractivity contribution in [2.75, 3.05) is 5.32 Å². The van der Waals surface area contributed by atoms with Gasteiger partial charge in [-0.05, 0) is 36.6 Å². The third-order valence-electron chi connectivity index (χ3n) is 3.96. The van der Waals surface area contributed by atoms with Gasteiger partial charge in [-0.2, -0.15) is 0 Å². The van der Waals surface area contributed by atoms with Crippen LogP contribution in [0.3, 0.4) is 0 Å². The first-order valence-electron chi connectivity index (χ1n) is 8.79. The van der Waals surface area contributed by atoms with Crippen LogP contribution in [-0.2, 0) is 25.5 Å². The highest BCUT2D eigenvalue weighted by Crippen LogP contribution is 2.17. The van der Waals surface area contributed by atoms with Crippen LogP contribution >= 0.6 is 0 Å². The number of ether oxygens (including phenoxy) is 1. The fourth-order valence-corrected chi connectivity index (χ4v) is 2.53. The van der Waals surface area contributed by atoms with Crippen LogP contribution in [0.4, 0.5) is 5.69 Å². The second-order valence-corrected chi connectivity index (χ2v) is 6.21. The molecule has 2 rings (SSSR count). The van der Waals surface area contributed by atoms with Gasteiger partial charge in [0.2, 0.25) is 5.91 Å². The highest BCUT2D eigenvalue weighted by Gasteiger charge is 2.12. The number of hydrogen-bond acceptors (Lipinski definition) is 4. The summed E-state index contributed by atoms with van der Waals surface area (Å²) in [5.41, 5.74) is 2.32. The molecule has 0 radical (unpaired) electrons. The van der Waals surface area contributed by atoms with Crippen LogP contribution in [0.1, 0.15) is 43.4 Å². The van der Waals surface area contributed by atoms with E-state index in [4.69, 9.17) is 9.84 Å². The van der Waals surface area contributed by atoms with Crippen molar-refractivity contribution in [1.82, 2.24) is 0 Å². The highest BCUT2D eigenvalue weighted by molar-refractivity contribution is 5.90. The van der Waals surface area contributed by atoms with E-state index < -0.39 is 5.97 Å². The van der Waals surface area contributed by atoms with Gasteiger partial charge in [-0.25, -0.2) is 0 Å². The number of amides is 1. The fourth-order valence-electron chi connectivity index (χ4n) is 2.53. The van der Waals surface area contributed by atoms with Crippen LogP contribution in [0.2, 0.25) is 0 Å². The lowest BCUT2D eigenvalue weighted by Crippen LogP contribution is -2.13. The second kappa shape index (κ2) is 10.1. The summed E-state index contributed by atoms with van der Waals surface area (Å²) in [6.07, 6.45) is 0.241. The van der Waals surface area contributed by atoms with Gasteiger partial charge in [0.1, 0.15) is 6.10 Å². The van der Waals surface area contributed by atoms with Crippen molar-refractivity contribution in [1.29, 1.82) is 0 Å². The zero-order valence-corrected chi connectivity index (χ0v) is 15.2. The smallest absolute Gasteiger partial charge is 0.310 e. The summed E-state index contributed by atoms with van der Waals surface area (Å²) in [6.45, 7) is 1.83. The average molecular weight is 369 g/mol. The van der Waals surface area contributed by atoms with Gasteiger partial charge >= 0.3 is 11.9 Å². The fraction of sp³-hybridized carbons (Fsp3) is 0.286. The minimum absolute atomic E-state index is 0.0319. The van der Waals surface area contributed by atoms with Crippen molar-refractivity contribution in [3.05, 3.63) is 65.7 Å². The van der Waals surface area contributed by atoms with Crippen LogP contribution in [0.5, 0.6) is 0 Å². The molecular weight excluding hydrogens is 346 g/mol. The third kappa shape index (κ3) is 7.32. The molecule has 2 aromatic rings. The molecule has 0 aliphatic carbocycles. The van der Waals surface area contributed by atoms with E-state index in [0.717, 1.165) is 11.1 Å². The number of carbonyl (C=O) groups is 3. The summed E-state index contributed by atoms with van der Waals surface area (Å²) in [6, 6.07) is 16.4. The van der Waals surface area contributed by atoms with Gasteiger partial charge in [0.05, 0.1) is 6.42 Å². The minimum atomic E-state index is -0.916. The molecule has 0 spiro atoms. The van der Waals surface area contributed by atoms with Gasteiger partial charge in [-0.15, -0.1) is 0 Å². The van der Waals surface area contributed by atoms with Crippen molar-refractivity contribution >= 4 is 23.5 Å². The average Bonchev–Trinajstić information content (AvgIpc) is 2.63. The van der Waals surface area contributed by atoms with Crippen molar-refractivity contribution in [3.8, 4) is 0 Å². The number of benzene rings is 2. The quantitative estimate of drug-likeness (QED) is 0.657. The van der Waals surface area contributed by atoms with Gasteiger partial charge < -0.3 is 15.2 Å². The molecule has 0 heterocycles. The van der Waals surface area contributed by atoms with Crippen LogP contribution < -0.4 is 5.32 Å². The Bertz CT molecular complexity index is 771. The molecular formula is C21H23NO5. The summed E-state index contributed by atoms with van der Waals surface area (Å²) < 4.78 is 5.44. The molecule has 0 fully saturated rings. The number of carboxylic acid groups (broad SMARTS) is 1. The maximum Gasteiger partial charge on any atom is 0.310 e. The monoisotopic (exact) mass is 369 g/mol. The van der Waals surface area contributed by atoms with E-state index in [1.165, 1.54) is 0 Å². The number of nitrogens with one attached hydrogen (secondary N) is 1. The van der Waals surface area contributed by atoms with Crippen molar-refractivity contribution in [2.24, 2.45) is 0 Å². The zero-order valence-electron chi connectivity index (χ0n) is 15.2. The Kier molecular flexibility index (Phi) is 7.55. The molecule has 6 heteroatoms. The molecule has 1 atom stereocenters. The molecule has 0 saturated carbocycles. The molecule has 1 amide bonds. The van der Waals surface area contributed by atoms with Gasteiger partial charge in [0, 0.05) is 18.5 Å². The van der Waals surface area contributed by atoms with Gasteiger partial charge in [0.15, 0.2) is 0 Å². The predicted octanol–water partition coefficient (Wildman–Crippen LogP) is 3.73. The Morgan fingerprint density at radius 2 is 1.67 bits per heavy atom. The van der Waals surface area contributed by atoms with E-state index in [9.17, 15) is 14.4 Å². The van der Waals surface area contributed by atoms with Crippen molar-refractivity contribution < 1.29 is 24.2 Å². The standard InChI is InChI=1S/C21H23NO5/c1-15(17-6-3-2-4-7-17)27-21(26)14-16-10-12-18(13-11-16)22-19(23)8-5-9-20(24)25/h2-4,6-7,10-13,15H,5,8-9,14H2,1H3,(H,22,23)(H,24,25)/t15-/m0/s1. The lowest BCUT2D eigenvalue weighted by molar-refractivity contribution is -0.147. The first kappa shape index (κ1) is 20.2. The molecule has 2 aromatic carbocycles. The minimum Gasteiger partial charge on any atom is -0.481 e. The number of anilines is 1. The normalized spacial score (nSPS) is 11.4. The Balaban J connectivity index is 1.80. The van der Waals surface area contributed by atoms with Gasteiger partial charge in [0.25, 0.3) is 0 Å². The number of hydrogen-bond donors (Lipinski definition) is 2. The van der Waals surface area contributed by atoms with Crippen LogP contribution in [0.25, 0.3) is 0 Å². The largest absolute Gasteiger partial charge is 0.481 e. The molecule has 2 N–H and O–H groups in total. The molecule has 142 valence electrons. The Labute approximate surface area is 158 Å². The summed E-state index contributed by atoms with van der Waals surface area (Å²) in [5, 5.41) is 11.3. The molecule has 27 heavy (non-hydrogen) atoms. The summed E-state index contributed by atoms with van der Waals surface area (Å²) >= 11 is 0. The van der Waals surface area contributed by atoms with E-state index >= 15 is 0 Å². The van der Waals surface area contributed by atoms with Crippen LogP contribution in [0.15, 0.2) is 54.6 Å². The van der Waals surface area contributed by atoms with Crippen LogP contribution in [0, 0.1) is 0 Å². The lowest BCUT2D eigenvalue weighted by atomic mass is 10.1. The lowest BCUT2D eigenvalue weighted by Gasteiger charge is -2.13. The van der Waals surface area contributed by atoms with E-state index in [2.05, 4.69) is 5.32 Å². The maximum absolute atomic E-state index is 12.1. The summed E-state index contributed by atoms with van der Waals surface area (Å²) in [5.74, 6) is -1.47. The first-order chi connectivity index (χ1) is 12.9. The van der Waals surface area contributed by atoms with E-state index in [-0.39, 0.29) is 37.2 Å². The summed E-state index contributed by atoms with van der Waals surface area (Å²) in [4.78, 5) is 34.3. The van der Waals surface area contributed by atoms with Gasteiger partial charge in [-0.1, -0.05) is 42.5 Å².